The molecule has 2 N–H and O–H groups in total. The second-order valence-electron chi connectivity index (χ2n) is 5.01. The van der Waals surface area contributed by atoms with Gasteiger partial charge in [-0.2, -0.15) is 0 Å². The highest BCUT2D eigenvalue weighted by atomic mass is 16.4. The van der Waals surface area contributed by atoms with E-state index in [-0.39, 0.29) is 5.92 Å². The molecule has 1 aromatic carbocycles. The van der Waals surface area contributed by atoms with E-state index in [9.17, 15) is 9.90 Å². The van der Waals surface area contributed by atoms with Crippen LogP contribution in [0.1, 0.15) is 5.56 Å². The summed E-state index contributed by atoms with van der Waals surface area (Å²) in [4.78, 5) is 13.1. The lowest BCUT2D eigenvalue weighted by Crippen LogP contribution is -2.25. The molecule has 1 heterocycles. The van der Waals surface area contributed by atoms with Crippen LogP contribution in [0.15, 0.2) is 24.3 Å². The maximum absolute atomic E-state index is 10.8. The number of carbonyl (C=O) groups is 1. The summed E-state index contributed by atoms with van der Waals surface area (Å²) in [6.45, 7) is 2.40. The third-order valence-electron chi connectivity index (χ3n) is 3.94. The van der Waals surface area contributed by atoms with E-state index in [1.54, 1.807) is 12.1 Å². The molecule has 1 aromatic rings. The molecule has 2 aliphatic rings. The van der Waals surface area contributed by atoms with Crippen molar-refractivity contribution in [2.24, 2.45) is 17.8 Å². The molecule has 2 atom stereocenters. The number of rotatable bonds is 3. The number of benzene rings is 1. The second kappa shape index (κ2) is 3.74. The summed E-state index contributed by atoms with van der Waals surface area (Å²) < 4.78 is 0. The third kappa shape index (κ3) is 1.78. The maximum atomic E-state index is 10.8. The van der Waals surface area contributed by atoms with Crippen LogP contribution in [0.4, 0.5) is 0 Å². The predicted molar refractivity (Wildman–Crippen MR) is 61.5 cm³/mol. The first-order valence-corrected chi connectivity index (χ1v) is 5.89. The molecule has 1 saturated carbocycles. The number of hydrogen-bond acceptors (Lipinski definition) is 3. The number of carboxylic acids is 1. The van der Waals surface area contributed by atoms with Crippen molar-refractivity contribution in [2.75, 3.05) is 13.1 Å². The Morgan fingerprint density at radius 2 is 1.94 bits per heavy atom. The number of piperidine rings is 1. The molecular formula is C13H15NO3. The molecule has 4 heteroatoms. The van der Waals surface area contributed by atoms with Crippen LogP contribution in [-0.2, 0) is 11.3 Å². The number of carboxylic acid groups (broad SMARTS) is 1. The lowest BCUT2D eigenvalue weighted by molar-refractivity contribution is -0.139. The van der Waals surface area contributed by atoms with E-state index < -0.39 is 5.97 Å². The molecule has 17 heavy (non-hydrogen) atoms. The monoisotopic (exact) mass is 233 g/mol. The average Bonchev–Trinajstić information content (AvgIpc) is 2.81. The first-order valence-electron chi connectivity index (χ1n) is 5.89. The summed E-state index contributed by atoms with van der Waals surface area (Å²) in [7, 11) is 0. The lowest BCUT2D eigenvalue weighted by Gasteiger charge is -2.19. The molecule has 0 spiro atoms. The van der Waals surface area contributed by atoms with Gasteiger partial charge >= 0.3 is 5.97 Å². The van der Waals surface area contributed by atoms with Crippen LogP contribution >= 0.6 is 0 Å². The summed E-state index contributed by atoms with van der Waals surface area (Å²) in [5.41, 5.74) is 0.917. The summed E-state index contributed by atoms with van der Waals surface area (Å²) in [6.07, 6.45) is 0. The van der Waals surface area contributed by atoms with Gasteiger partial charge in [0.2, 0.25) is 0 Å². The molecule has 1 aliphatic heterocycles. The summed E-state index contributed by atoms with van der Waals surface area (Å²) in [5.74, 6) is 0.220. The summed E-state index contributed by atoms with van der Waals surface area (Å²) in [5, 5.41) is 18.6. The molecule has 0 amide bonds. The maximum Gasteiger partial charge on any atom is 0.307 e. The van der Waals surface area contributed by atoms with Crippen LogP contribution in [0.25, 0.3) is 0 Å². The molecule has 0 aromatic heterocycles. The zero-order valence-electron chi connectivity index (χ0n) is 9.41. The molecule has 0 radical (unpaired) electrons. The fourth-order valence-electron chi connectivity index (χ4n) is 2.99. The number of para-hydroxylation sites is 1. The minimum atomic E-state index is -0.651. The van der Waals surface area contributed by atoms with Crippen molar-refractivity contribution in [1.29, 1.82) is 0 Å². The van der Waals surface area contributed by atoms with Crippen molar-refractivity contribution in [1.82, 2.24) is 4.90 Å². The van der Waals surface area contributed by atoms with E-state index in [2.05, 4.69) is 4.90 Å². The van der Waals surface area contributed by atoms with Crippen molar-refractivity contribution in [3.05, 3.63) is 29.8 Å². The number of phenols is 1. The van der Waals surface area contributed by atoms with Crippen LogP contribution in [-0.4, -0.2) is 34.2 Å². The minimum absolute atomic E-state index is 0.115. The van der Waals surface area contributed by atoms with Gasteiger partial charge in [0, 0.05) is 25.2 Å². The van der Waals surface area contributed by atoms with Crippen molar-refractivity contribution in [2.45, 2.75) is 6.54 Å². The Balaban J connectivity index is 1.61. The highest BCUT2D eigenvalue weighted by molar-refractivity contribution is 5.74. The molecule has 0 bridgehead atoms. The van der Waals surface area contributed by atoms with Gasteiger partial charge in [-0.3, -0.25) is 9.69 Å². The van der Waals surface area contributed by atoms with Gasteiger partial charge in [0.15, 0.2) is 0 Å². The van der Waals surface area contributed by atoms with Gasteiger partial charge in [0.25, 0.3) is 0 Å². The zero-order chi connectivity index (χ0) is 12.0. The number of likely N-dealkylation sites (tertiary alicyclic amines) is 1. The summed E-state index contributed by atoms with van der Waals surface area (Å²) >= 11 is 0. The van der Waals surface area contributed by atoms with Gasteiger partial charge < -0.3 is 10.2 Å². The topological polar surface area (TPSA) is 60.8 Å². The number of fused-ring (bicyclic) bond motifs is 1. The Morgan fingerprint density at radius 3 is 2.53 bits per heavy atom. The van der Waals surface area contributed by atoms with E-state index in [1.807, 2.05) is 12.1 Å². The van der Waals surface area contributed by atoms with Crippen molar-refractivity contribution < 1.29 is 15.0 Å². The number of nitrogens with zero attached hydrogens (tertiary/aromatic N) is 1. The predicted octanol–water partition coefficient (Wildman–Crippen LogP) is 1.15. The number of aliphatic carboxylic acids is 1. The Hall–Kier alpha value is -1.55. The molecule has 4 nitrogen and oxygen atoms in total. The van der Waals surface area contributed by atoms with Gasteiger partial charge in [0.1, 0.15) is 5.75 Å². The Kier molecular flexibility index (Phi) is 2.33. The normalized spacial score (nSPS) is 31.2. The fourth-order valence-corrected chi connectivity index (χ4v) is 2.99. The third-order valence-corrected chi connectivity index (χ3v) is 3.94. The Labute approximate surface area is 99.5 Å². The van der Waals surface area contributed by atoms with Gasteiger partial charge in [0.05, 0.1) is 5.92 Å². The highest BCUT2D eigenvalue weighted by Gasteiger charge is 2.59. The van der Waals surface area contributed by atoms with E-state index in [4.69, 9.17) is 5.11 Å². The molecule has 1 aliphatic carbocycles. The summed E-state index contributed by atoms with van der Waals surface area (Å²) in [6, 6.07) is 7.31. The lowest BCUT2D eigenvalue weighted by atomic mass is 10.2. The molecule has 1 saturated heterocycles. The van der Waals surface area contributed by atoms with Gasteiger partial charge in [-0.25, -0.2) is 0 Å². The standard InChI is InChI=1S/C13H15NO3/c15-11-4-2-1-3-8(11)5-14-6-9-10(7-14)12(9)13(16)17/h1-4,9-10,12,15H,5-7H2,(H,16,17). The van der Waals surface area contributed by atoms with E-state index in [0.717, 1.165) is 18.7 Å². The smallest absolute Gasteiger partial charge is 0.307 e. The van der Waals surface area contributed by atoms with Crippen molar-refractivity contribution >= 4 is 5.97 Å². The quantitative estimate of drug-likeness (QED) is 0.822. The number of phenolic OH excluding ortho intramolecular Hbond substituents is 1. The van der Waals surface area contributed by atoms with Crippen molar-refractivity contribution in [3.8, 4) is 5.75 Å². The second-order valence-corrected chi connectivity index (χ2v) is 5.01. The first-order chi connectivity index (χ1) is 8.16. The van der Waals surface area contributed by atoms with Crippen LogP contribution in [0, 0.1) is 17.8 Å². The first kappa shape index (κ1) is 10.6. The minimum Gasteiger partial charge on any atom is -0.508 e. The SMILES string of the molecule is O=C(O)C1C2CN(Cc3ccccc3O)CC21. The van der Waals surface area contributed by atoms with Crippen LogP contribution in [0.3, 0.4) is 0 Å². The van der Waals surface area contributed by atoms with Crippen LogP contribution in [0.2, 0.25) is 0 Å². The molecule has 90 valence electrons. The van der Waals surface area contributed by atoms with Crippen LogP contribution in [0.5, 0.6) is 5.75 Å². The highest BCUT2D eigenvalue weighted by Crippen LogP contribution is 2.52. The van der Waals surface area contributed by atoms with Crippen LogP contribution < -0.4 is 0 Å². The van der Waals surface area contributed by atoms with Gasteiger partial charge in [-0.15, -0.1) is 0 Å². The number of hydrogen-bond donors (Lipinski definition) is 2. The zero-order valence-corrected chi connectivity index (χ0v) is 9.41. The Morgan fingerprint density at radius 1 is 1.29 bits per heavy atom. The largest absolute Gasteiger partial charge is 0.508 e. The van der Waals surface area contributed by atoms with Crippen molar-refractivity contribution in [3.63, 3.8) is 0 Å². The Bertz CT molecular complexity index is 448. The van der Waals surface area contributed by atoms with E-state index >= 15 is 0 Å². The van der Waals surface area contributed by atoms with E-state index in [0.29, 0.717) is 24.1 Å². The van der Waals surface area contributed by atoms with Gasteiger partial charge in [-0.1, -0.05) is 18.2 Å². The van der Waals surface area contributed by atoms with Gasteiger partial charge in [-0.05, 0) is 17.9 Å². The number of aromatic hydroxyl groups is 1. The molecule has 2 fully saturated rings. The molecule has 2 unspecified atom stereocenters. The average molecular weight is 233 g/mol. The molecule has 3 rings (SSSR count). The van der Waals surface area contributed by atoms with E-state index in [1.165, 1.54) is 0 Å². The fraction of sp³-hybridized carbons (Fsp3) is 0.462. The molecular weight excluding hydrogens is 218 g/mol.